The first kappa shape index (κ1) is 19.2. The Labute approximate surface area is 178 Å². The quantitative estimate of drug-likeness (QED) is 0.518. The molecule has 5 rings (SSSR count). The maximum Gasteiger partial charge on any atom is 0.253 e. The Hall–Kier alpha value is -3.81. The van der Waals surface area contributed by atoms with Crippen LogP contribution >= 0.6 is 0 Å². The molecule has 1 aliphatic carbocycles. The van der Waals surface area contributed by atoms with Gasteiger partial charge in [0.05, 0.1) is 23.0 Å². The highest BCUT2D eigenvalue weighted by Gasteiger charge is 2.20. The zero-order valence-electron chi connectivity index (χ0n) is 16.8. The van der Waals surface area contributed by atoms with E-state index < -0.39 is 5.91 Å². The molecule has 4 aromatic rings. The number of aromatic nitrogens is 4. The molecular formula is C23H21FN6O. The highest BCUT2D eigenvalue weighted by atomic mass is 19.1. The number of nitrogens with one attached hydrogen (secondary N) is 1. The summed E-state index contributed by atoms with van der Waals surface area (Å²) in [6.45, 7) is 0.451. The fourth-order valence-corrected chi connectivity index (χ4v) is 4.08. The Balaban J connectivity index is 1.57. The van der Waals surface area contributed by atoms with Crippen LogP contribution < -0.4 is 11.1 Å². The molecule has 0 spiro atoms. The number of fused-ring (bicyclic) bond motifs is 2. The van der Waals surface area contributed by atoms with Gasteiger partial charge in [0.15, 0.2) is 0 Å². The minimum atomic E-state index is -0.506. The number of nitrogens with zero attached hydrogens (tertiary/aromatic N) is 4. The van der Waals surface area contributed by atoms with E-state index in [1.807, 2.05) is 12.1 Å². The Morgan fingerprint density at radius 3 is 2.81 bits per heavy atom. The first-order valence-corrected chi connectivity index (χ1v) is 10.2. The summed E-state index contributed by atoms with van der Waals surface area (Å²) < 4.78 is 15.2. The largest absolute Gasteiger partial charge is 0.366 e. The van der Waals surface area contributed by atoms with E-state index in [0.29, 0.717) is 29.0 Å². The Morgan fingerprint density at radius 2 is 1.97 bits per heavy atom. The van der Waals surface area contributed by atoms with Crippen LogP contribution in [-0.2, 0) is 19.4 Å². The molecule has 8 heteroatoms. The molecule has 2 aromatic heterocycles. The lowest BCUT2D eigenvalue weighted by Crippen LogP contribution is -2.16. The molecular weight excluding hydrogens is 395 g/mol. The summed E-state index contributed by atoms with van der Waals surface area (Å²) in [4.78, 5) is 21.3. The van der Waals surface area contributed by atoms with Crippen molar-refractivity contribution in [3.8, 4) is 5.95 Å². The predicted molar refractivity (Wildman–Crippen MR) is 116 cm³/mol. The van der Waals surface area contributed by atoms with Crippen LogP contribution in [0.1, 0.15) is 40.0 Å². The van der Waals surface area contributed by atoms with Gasteiger partial charge in [0.1, 0.15) is 11.6 Å². The lowest BCUT2D eigenvalue weighted by atomic mass is 9.96. The van der Waals surface area contributed by atoms with Crippen LogP contribution in [0.3, 0.4) is 0 Å². The van der Waals surface area contributed by atoms with Gasteiger partial charge in [-0.2, -0.15) is 14.8 Å². The summed E-state index contributed by atoms with van der Waals surface area (Å²) in [6, 6.07) is 11.8. The number of nitrogens with two attached hydrogens (primary N) is 1. The number of rotatable bonds is 5. The van der Waals surface area contributed by atoms with Crippen molar-refractivity contribution in [2.75, 3.05) is 5.32 Å². The molecule has 0 atom stereocenters. The minimum Gasteiger partial charge on any atom is -0.366 e. The minimum absolute atomic E-state index is 0.266. The number of carbonyl (C=O) groups excluding carboxylic acids is 1. The van der Waals surface area contributed by atoms with E-state index in [0.717, 1.165) is 48.3 Å². The van der Waals surface area contributed by atoms with E-state index in [1.54, 1.807) is 29.1 Å². The van der Waals surface area contributed by atoms with Gasteiger partial charge in [-0.25, -0.2) is 9.37 Å². The van der Waals surface area contributed by atoms with Crippen molar-refractivity contribution in [2.45, 2.75) is 32.2 Å². The smallest absolute Gasteiger partial charge is 0.253 e. The highest BCUT2D eigenvalue weighted by Crippen LogP contribution is 2.28. The number of halogens is 1. The third-order valence-electron chi connectivity index (χ3n) is 5.59. The van der Waals surface area contributed by atoms with Gasteiger partial charge < -0.3 is 11.1 Å². The van der Waals surface area contributed by atoms with Crippen LogP contribution in [0.5, 0.6) is 0 Å². The van der Waals surface area contributed by atoms with Crippen LogP contribution in [-0.4, -0.2) is 25.7 Å². The lowest BCUT2D eigenvalue weighted by Gasteiger charge is -2.20. The molecule has 1 aliphatic rings. The van der Waals surface area contributed by atoms with Crippen molar-refractivity contribution in [2.24, 2.45) is 5.73 Å². The molecule has 0 unspecified atom stereocenters. The molecule has 0 saturated heterocycles. The van der Waals surface area contributed by atoms with Gasteiger partial charge in [0, 0.05) is 17.5 Å². The second-order valence-electron chi connectivity index (χ2n) is 7.65. The summed E-state index contributed by atoms with van der Waals surface area (Å²) in [6.07, 6.45) is 5.52. The van der Waals surface area contributed by atoms with Crippen molar-refractivity contribution in [3.63, 3.8) is 0 Å². The second-order valence-corrected chi connectivity index (χ2v) is 7.65. The zero-order valence-corrected chi connectivity index (χ0v) is 16.8. The Kier molecular flexibility index (Phi) is 4.82. The number of carbonyl (C=O) groups is 1. The number of primary amides is 1. The summed E-state index contributed by atoms with van der Waals surface area (Å²) in [5.74, 6) is 0.393. The maximum atomic E-state index is 13.6. The van der Waals surface area contributed by atoms with Crippen LogP contribution in [0.2, 0.25) is 0 Å². The van der Waals surface area contributed by atoms with Crippen LogP contribution in [0.4, 0.5) is 10.2 Å². The van der Waals surface area contributed by atoms with Gasteiger partial charge in [0.25, 0.3) is 5.95 Å². The molecule has 3 N–H and O–H groups in total. The van der Waals surface area contributed by atoms with Crippen LogP contribution in [0.25, 0.3) is 16.9 Å². The third kappa shape index (κ3) is 3.61. The lowest BCUT2D eigenvalue weighted by molar-refractivity contribution is 0.100. The molecule has 156 valence electrons. The van der Waals surface area contributed by atoms with E-state index in [2.05, 4.69) is 10.4 Å². The van der Waals surface area contributed by atoms with Crippen molar-refractivity contribution in [1.82, 2.24) is 19.7 Å². The molecule has 0 radical (unpaired) electrons. The maximum absolute atomic E-state index is 13.6. The number of hydrogen-bond donors (Lipinski definition) is 2. The molecule has 1 amide bonds. The van der Waals surface area contributed by atoms with E-state index in [9.17, 15) is 9.18 Å². The first-order chi connectivity index (χ1) is 15.1. The average Bonchev–Trinajstić information content (AvgIpc) is 3.21. The fraction of sp³-hybridized carbons (Fsp3) is 0.217. The van der Waals surface area contributed by atoms with Gasteiger partial charge in [-0.1, -0.05) is 18.2 Å². The van der Waals surface area contributed by atoms with Gasteiger partial charge in [-0.3, -0.25) is 4.79 Å². The van der Waals surface area contributed by atoms with E-state index >= 15 is 0 Å². The fourth-order valence-electron chi connectivity index (χ4n) is 4.08. The van der Waals surface area contributed by atoms with Crippen molar-refractivity contribution in [1.29, 1.82) is 0 Å². The summed E-state index contributed by atoms with van der Waals surface area (Å²) in [5.41, 5.74) is 9.55. The molecule has 2 aromatic carbocycles. The normalized spacial score (nSPS) is 13.2. The molecule has 31 heavy (non-hydrogen) atoms. The monoisotopic (exact) mass is 416 g/mol. The number of amides is 1. The van der Waals surface area contributed by atoms with Crippen LogP contribution in [0, 0.1) is 5.82 Å². The van der Waals surface area contributed by atoms with Crippen molar-refractivity contribution < 1.29 is 9.18 Å². The van der Waals surface area contributed by atoms with Gasteiger partial charge in [-0.15, -0.1) is 0 Å². The number of hydrogen-bond acceptors (Lipinski definition) is 5. The standard InChI is InChI=1S/C23H21FN6O/c24-15-6-3-5-14(11-15)12-26-22-17-7-1-2-9-19(17)28-23(29-22)30-20-10-4-8-16(21(25)31)18(20)13-27-30/h3-6,8,10-11,13H,1-2,7,9,12H2,(H2,25,31)(H,26,28,29). The molecule has 0 fully saturated rings. The van der Waals surface area contributed by atoms with Gasteiger partial charge in [0.2, 0.25) is 5.91 Å². The third-order valence-corrected chi connectivity index (χ3v) is 5.59. The Morgan fingerprint density at radius 1 is 1.13 bits per heavy atom. The Bertz CT molecular complexity index is 1300. The van der Waals surface area contributed by atoms with E-state index in [-0.39, 0.29) is 5.82 Å². The highest BCUT2D eigenvalue weighted by molar-refractivity contribution is 6.05. The van der Waals surface area contributed by atoms with Crippen molar-refractivity contribution >= 4 is 22.6 Å². The van der Waals surface area contributed by atoms with Crippen LogP contribution in [0.15, 0.2) is 48.7 Å². The molecule has 0 aliphatic heterocycles. The summed E-state index contributed by atoms with van der Waals surface area (Å²) in [7, 11) is 0. The predicted octanol–water partition coefficient (Wildman–Crippen LogP) is 3.54. The van der Waals surface area contributed by atoms with Crippen molar-refractivity contribution in [3.05, 3.63) is 76.9 Å². The topological polar surface area (TPSA) is 98.7 Å². The van der Waals surface area contributed by atoms with E-state index in [1.165, 1.54) is 12.1 Å². The van der Waals surface area contributed by atoms with Gasteiger partial charge in [-0.05, 0) is 55.5 Å². The molecule has 7 nitrogen and oxygen atoms in total. The number of benzene rings is 2. The molecule has 0 saturated carbocycles. The average molecular weight is 416 g/mol. The number of aryl methyl sites for hydroxylation is 1. The summed E-state index contributed by atoms with van der Waals surface area (Å²) >= 11 is 0. The second kappa shape index (κ2) is 7.79. The molecule has 0 bridgehead atoms. The molecule has 2 heterocycles. The van der Waals surface area contributed by atoms with E-state index in [4.69, 9.17) is 15.7 Å². The SMILES string of the molecule is NC(=O)c1cccc2c1cnn2-c1nc2c(c(NCc3cccc(F)c3)n1)CCCC2. The number of anilines is 1. The van der Waals surface area contributed by atoms with Gasteiger partial charge >= 0.3 is 0 Å². The first-order valence-electron chi connectivity index (χ1n) is 10.2. The zero-order chi connectivity index (χ0) is 21.4. The summed E-state index contributed by atoms with van der Waals surface area (Å²) in [5, 5.41) is 8.46.